The fourth-order valence-corrected chi connectivity index (χ4v) is 1.76. The molecule has 1 rings (SSSR count). The van der Waals surface area contributed by atoms with E-state index in [2.05, 4.69) is 0 Å². The molecule has 0 saturated carbocycles. The van der Waals surface area contributed by atoms with E-state index in [-0.39, 0.29) is 19.0 Å². The highest BCUT2D eigenvalue weighted by molar-refractivity contribution is 5.22. The van der Waals surface area contributed by atoms with Crippen LogP contribution >= 0.6 is 0 Å². The third kappa shape index (κ3) is 5.55. The summed E-state index contributed by atoms with van der Waals surface area (Å²) >= 11 is 0. The third-order valence-corrected chi connectivity index (χ3v) is 2.95. The standard InChI is InChI=1S/C14H22FNO3/c1-14(10-17,11-18)9-16(2)6-7-19-13-5-3-4-12(15)8-13/h3-5,8,17-18H,6-7,9-11H2,1-2H3. The van der Waals surface area contributed by atoms with Crippen LogP contribution in [0, 0.1) is 11.2 Å². The van der Waals surface area contributed by atoms with Gasteiger partial charge in [-0.05, 0) is 19.2 Å². The van der Waals surface area contributed by atoms with Crippen molar-refractivity contribution in [3.8, 4) is 5.75 Å². The van der Waals surface area contributed by atoms with Gasteiger partial charge in [0.1, 0.15) is 18.2 Å². The predicted molar refractivity (Wildman–Crippen MR) is 71.7 cm³/mol. The van der Waals surface area contributed by atoms with Crippen LogP contribution in [0.25, 0.3) is 0 Å². The third-order valence-electron chi connectivity index (χ3n) is 2.95. The van der Waals surface area contributed by atoms with E-state index in [4.69, 9.17) is 4.74 Å². The molecule has 0 unspecified atom stereocenters. The summed E-state index contributed by atoms with van der Waals surface area (Å²) in [7, 11) is 1.89. The molecule has 19 heavy (non-hydrogen) atoms. The van der Waals surface area contributed by atoms with Crippen molar-refractivity contribution in [3.63, 3.8) is 0 Å². The van der Waals surface area contributed by atoms with Crippen LogP contribution < -0.4 is 4.74 Å². The number of aliphatic hydroxyl groups is 2. The molecule has 0 aliphatic carbocycles. The molecule has 0 heterocycles. The number of aliphatic hydroxyl groups excluding tert-OH is 2. The van der Waals surface area contributed by atoms with E-state index in [0.29, 0.717) is 25.4 Å². The molecule has 108 valence electrons. The number of hydrogen-bond donors (Lipinski definition) is 2. The van der Waals surface area contributed by atoms with E-state index in [1.54, 1.807) is 12.1 Å². The number of ether oxygens (including phenoxy) is 1. The van der Waals surface area contributed by atoms with Gasteiger partial charge in [0.25, 0.3) is 0 Å². The Morgan fingerprint density at radius 1 is 1.32 bits per heavy atom. The molecule has 0 radical (unpaired) electrons. The first-order valence-corrected chi connectivity index (χ1v) is 6.28. The summed E-state index contributed by atoms with van der Waals surface area (Å²) in [6.45, 7) is 3.29. The van der Waals surface area contributed by atoms with Crippen LogP contribution in [0.5, 0.6) is 5.75 Å². The monoisotopic (exact) mass is 271 g/mol. The minimum absolute atomic E-state index is 0.0708. The minimum atomic E-state index is -0.520. The zero-order valence-electron chi connectivity index (χ0n) is 11.5. The summed E-state index contributed by atoms with van der Waals surface area (Å²) in [4.78, 5) is 1.96. The minimum Gasteiger partial charge on any atom is -0.492 e. The molecule has 0 aromatic heterocycles. The molecule has 1 aromatic carbocycles. The van der Waals surface area contributed by atoms with Crippen LogP contribution in [0.3, 0.4) is 0 Å². The van der Waals surface area contributed by atoms with Gasteiger partial charge in [-0.3, -0.25) is 0 Å². The Labute approximate surface area is 113 Å². The molecule has 0 saturated heterocycles. The Morgan fingerprint density at radius 2 is 2.00 bits per heavy atom. The molecular weight excluding hydrogens is 249 g/mol. The number of likely N-dealkylation sites (N-methyl/N-ethyl adjacent to an activating group) is 1. The molecule has 0 spiro atoms. The molecule has 0 aliphatic rings. The zero-order chi connectivity index (χ0) is 14.3. The van der Waals surface area contributed by atoms with E-state index in [9.17, 15) is 14.6 Å². The van der Waals surface area contributed by atoms with Gasteiger partial charge in [-0.15, -0.1) is 0 Å². The maximum absolute atomic E-state index is 12.9. The summed E-state index contributed by atoms with van der Waals surface area (Å²) < 4.78 is 18.4. The van der Waals surface area contributed by atoms with Crippen molar-refractivity contribution >= 4 is 0 Å². The largest absolute Gasteiger partial charge is 0.492 e. The maximum Gasteiger partial charge on any atom is 0.126 e. The molecule has 0 atom stereocenters. The number of nitrogens with zero attached hydrogens (tertiary/aromatic N) is 1. The second kappa shape index (κ2) is 7.43. The highest BCUT2D eigenvalue weighted by Crippen LogP contribution is 2.15. The van der Waals surface area contributed by atoms with Crippen LogP contribution in [-0.4, -0.2) is 55.1 Å². The average molecular weight is 271 g/mol. The molecule has 0 bridgehead atoms. The van der Waals surface area contributed by atoms with Gasteiger partial charge in [0, 0.05) is 24.6 Å². The molecule has 4 nitrogen and oxygen atoms in total. The van der Waals surface area contributed by atoms with Gasteiger partial charge in [-0.25, -0.2) is 4.39 Å². The lowest BCUT2D eigenvalue weighted by Gasteiger charge is -2.30. The SMILES string of the molecule is CN(CCOc1cccc(F)c1)CC(C)(CO)CO. The lowest BCUT2D eigenvalue weighted by atomic mass is 9.92. The van der Waals surface area contributed by atoms with Crippen molar-refractivity contribution < 1.29 is 19.3 Å². The maximum atomic E-state index is 12.9. The lowest BCUT2D eigenvalue weighted by Crippen LogP contribution is -2.40. The van der Waals surface area contributed by atoms with Gasteiger partial charge >= 0.3 is 0 Å². The Morgan fingerprint density at radius 3 is 2.58 bits per heavy atom. The van der Waals surface area contributed by atoms with Crippen molar-refractivity contribution in [3.05, 3.63) is 30.1 Å². The molecule has 0 amide bonds. The normalized spacial score (nSPS) is 11.9. The van der Waals surface area contributed by atoms with Crippen molar-refractivity contribution in [2.24, 2.45) is 5.41 Å². The molecule has 2 N–H and O–H groups in total. The van der Waals surface area contributed by atoms with Gasteiger partial charge < -0.3 is 19.8 Å². The summed E-state index contributed by atoms with van der Waals surface area (Å²) in [5.74, 6) is 0.180. The topological polar surface area (TPSA) is 52.9 Å². The second-order valence-electron chi connectivity index (χ2n) is 5.17. The molecule has 0 fully saturated rings. The summed E-state index contributed by atoms with van der Waals surface area (Å²) in [5, 5.41) is 18.4. The predicted octanol–water partition coefficient (Wildman–Crippen LogP) is 1.13. The first kappa shape index (κ1) is 15.9. The second-order valence-corrected chi connectivity index (χ2v) is 5.17. The summed E-state index contributed by atoms with van der Waals surface area (Å²) in [6.07, 6.45) is 0. The van der Waals surface area contributed by atoms with Crippen molar-refractivity contribution in [1.82, 2.24) is 4.90 Å². The summed E-state index contributed by atoms with van der Waals surface area (Å²) in [5.41, 5.74) is -0.520. The van der Waals surface area contributed by atoms with Crippen LogP contribution in [0.2, 0.25) is 0 Å². The summed E-state index contributed by atoms with van der Waals surface area (Å²) in [6, 6.07) is 6.01. The van der Waals surface area contributed by atoms with Gasteiger partial charge in [0.05, 0.1) is 13.2 Å². The molecular formula is C14H22FNO3. The van der Waals surface area contributed by atoms with Crippen molar-refractivity contribution in [2.45, 2.75) is 6.92 Å². The number of rotatable bonds is 8. The van der Waals surface area contributed by atoms with Crippen LogP contribution in [0.4, 0.5) is 4.39 Å². The molecule has 5 heteroatoms. The fourth-order valence-electron chi connectivity index (χ4n) is 1.76. The Bertz CT molecular complexity index is 383. The van der Waals surface area contributed by atoms with Crippen LogP contribution in [-0.2, 0) is 0 Å². The first-order chi connectivity index (χ1) is 8.99. The van der Waals surface area contributed by atoms with E-state index < -0.39 is 5.41 Å². The van der Waals surface area contributed by atoms with Crippen molar-refractivity contribution in [2.75, 3.05) is 40.0 Å². The fraction of sp³-hybridized carbons (Fsp3) is 0.571. The van der Waals surface area contributed by atoms with Crippen LogP contribution in [0.15, 0.2) is 24.3 Å². The van der Waals surface area contributed by atoms with Crippen molar-refractivity contribution in [1.29, 1.82) is 0 Å². The highest BCUT2D eigenvalue weighted by Gasteiger charge is 2.24. The van der Waals surface area contributed by atoms with Gasteiger partial charge in [-0.1, -0.05) is 13.0 Å². The van der Waals surface area contributed by atoms with Gasteiger partial charge in [0.15, 0.2) is 0 Å². The van der Waals surface area contributed by atoms with E-state index in [0.717, 1.165) is 0 Å². The lowest BCUT2D eigenvalue weighted by molar-refractivity contribution is 0.0390. The van der Waals surface area contributed by atoms with E-state index in [1.807, 2.05) is 18.9 Å². The zero-order valence-corrected chi connectivity index (χ0v) is 11.5. The molecule has 0 aliphatic heterocycles. The highest BCUT2D eigenvalue weighted by atomic mass is 19.1. The van der Waals surface area contributed by atoms with Gasteiger partial charge in [0.2, 0.25) is 0 Å². The number of halogens is 1. The number of benzene rings is 1. The molecule has 1 aromatic rings. The average Bonchev–Trinajstić information content (AvgIpc) is 2.38. The van der Waals surface area contributed by atoms with E-state index >= 15 is 0 Å². The Balaban J connectivity index is 2.33. The Hall–Kier alpha value is -1.17. The quantitative estimate of drug-likeness (QED) is 0.744. The van der Waals surface area contributed by atoms with E-state index in [1.165, 1.54) is 12.1 Å². The number of hydrogen-bond acceptors (Lipinski definition) is 4. The Kier molecular flexibility index (Phi) is 6.21. The first-order valence-electron chi connectivity index (χ1n) is 6.28. The van der Waals surface area contributed by atoms with Crippen LogP contribution in [0.1, 0.15) is 6.92 Å². The smallest absolute Gasteiger partial charge is 0.126 e. The van der Waals surface area contributed by atoms with Gasteiger partial charge in [-0.2, -0.15) is 0 Å².